The lowest BCUT2D eigenvalue weighted by Gasteiger charge is -2.39. The van der Waals surface area contributed by atoms with E-state index in [0.717, 1.165) is 48.9 Å². The zero-order valence-electron chi connectivity index (χ0n) is 15.7. The molecule has 0 saturated heterocycles. The fourth-order valence-electron chi connectivity index (χ4n) is 4.11. The number of hydrogen-bond acceptors (Lipinski definition) is 2. The van der Waals surface area contributed by atoms with E-state index in [9.17, 15) is 5.11 Å². The van der Waals surface area contributed by atoms with Crippen LogP contribution >= 0.6 is 11.6 Å². The van der Waals surface area contributed by atoms with Crippen molar-refractivity contribution in [3.05, 3.63) is 76.3 Å². The number of benzene rings is 2. The highest BCUT2D eigenvalue weighted by molar-refractivity contribution is 6.30. The van der Waals surface area contributed by atoms with E-state index in [1.165, 1.54) is 0 Å². The van der Waals surface area contributed by atoms with Gasteiger partial charge in [-0.05, 0) is 62.2 Å². The average Bonchev–Trinajstić information content (AvgIpc) is 2.77. The largest absolute Gasteiger partial charge is 0.380 e. The van der Waals surface area contributed by atoms with Crippen LogP contribution in [-0.4, -0.2) is 30.6 Å². The van der Waals surface area contributed by atoms with Crippen LogP contribution in [0.2, 0.25) is 5.02 Å². The molecule has 3 rings (SSSR count). The first-order valence-electron chi connectivity index (χ1n) is 9.39. The maximum absolute atomic E-state index is 12.1. The predicted octanol–water partition coefficient (Wildman–Crippen LogP) is 5.36. The highest BCUT2D eigenvalue weighted by Crippen LogP contribution is 2.45. The van der Waals surface area contributed by atoms with Crippen LogP contribution in [0.3, 0.4) is 0 Å². The molecule has 2 aromatic rings. The van der Waals surface area contributed by atoms with Crippen LogP contribution in [0.15, 0.2) is 60.2 Å². The van der Waals surface area contributed by atoms with Crippen LogP contribution < -0.4 is 0 Å². The molecule has 0 radical (unpaired) electrons. The van der Waals surface area contributed by atoms with Gasteiger partial charge in [-0.2, -0.15) is 0 Å². The molecule has 1 N–H and O–H groups in total. The van der Waals surface area contributed by atoms with Crippen molar-refractivity contribution in [2.45, 2.75) is 31.3 Å². The standard InChI is InChI=1S/C23H28ClNO/c1-25(2)17-21-12-7-6-11-19(15-18-9-4-3-5-10-18)23(21,26)20-13-8-14-22(24)16-20/h3-5,8-10,13-16,21,26H,6-7,11-12,17H2,1-2H3. The van der Waals surface area contributed by atoms with Gasteiger partial charge in [0.05, 0.1) is 0 Å². The van der Waals surface area contributed by atoms with Crippen molar-refractivity contribution in [1.29, 1.82) is 0 Å². The summed E-state index contributed by atoms with van der Waals surface area (Å²) in [5, 5.41) is 12.8. The summed E-state index contributed by atoms with van der Waals surface area (Å²) in [7, 11) is 4.15. The summed E-state index contributed by atoms with van der Waals surface area (Å²) in [6, 6.07) is 18.0. The lowest BCUT2D eigenvalue weighted by Crippen LogP contribution is -2.41. The van der Waals surface area contributed by atoms with Crippen molar-refractivity contribution >= 4 is 17.7 Å². The molecule has 0 aromatic heterocycles. The molecular formula is C23H28ClNO. The molecule has 0 amide bonds. The van der Waals surface area contributed by atoms with Gasteiger partial charge in [0.15, 0.2) is 0 Å². The molecule has 1 aliphatic carbocycles. The van der Waals surface area contributed by atoms with E-state index in [2.05, 4.69) is 37.2 Å². The van der Waals surface area contributed by atoms with E-state index in [4.69, 9.17) is 11.6 Å². The average molecular weight is 370 g/mol. The summed E-state index contributed by atoms with van der Waals surface area (Å²) >= 11 is 6.29. The smallest absolute Gasteiger partial charge is 0.115 e. The summed E-state index contributed by atoms with van der Waals surface area (Å²) in [5.74, 6) is 0.133. The normalized spacial score (nSPS) is 25.4. The van der Waals surface area contributed by atoms with Gasteiger partial charge in [-0.15, -0.1) is 0 Å². The molecule has 1 aliphatic rings. The topological polar surface area (TPSA) is 23.5 Å². The fourth-order valence-corrected chi connectivity index (χ4v) is 4.30. The molecule has 0 heterocycles. The molecule has 1 fully saturated rings. The quantitative estimate of drug-likeness (QED) is 0.733. The van der Waals surface area contributed by atoms with E-state index in [-0.39, 0.29) is 5.92 Å². The van der Waals surface area contributed by atoms with Crippen LogP contribution in [0.5, 0.6) is 0 Å². The monoisotopic (exact) mass is 369 g/mol. The van der Waals surface area contributed by atoms with Crippen molar-refractivity contribution in [3.63, 3.8) is 0 Å². The van der Waals surface area contributed by atoms with Crippen LogP contribution in [0.1, 0.15) is 36.8 Å². The molecule has 2 aromatic carbocycles. The maximum Gasteiger partial charge on any atom is 0.115 e. The third-order valence-corrected chi connectivity index (χ3v) is 5.55. The number of aliphatic hydroxyl groups is 1. The fraction of sp³-hybridized carbons (Fsp3) is 0.391. The molecule has 2 nitrogen and oxygen atoms in total. The van der Waals surface area contributed by atoms with Crippen molar-refractivity contribution < 1.29 is 5.11 Å². The number of hydrogen-bond donors (Lipinski definition) is 1. The molecule has 0 spiro atoms. The first-order valence-corrected chi connectivity index (χ1v) is 9.77. The van der Waals surface area contributed by atoms with Crippen molar-refractivity contribution in [2.24, 2.45) is 5.92 Å². The van der Waals surface area contributed by atoms with Gasteiger partial charge in [0.2, 0.25) is 0 Å². The van der Waals surface area contributed by atoms with Crippen LogP contribution in [0, 0.1) is 5.92 Å². The minimum Gasteiger partial charge on any atom is -0.380 e. The first kappa shape index (κ1) is 19.2. The summed E-state index contributed by atoms with van der Waals surface area (Å²) in [6.45, 7) is 0.842. The van der Waals surface area contributed by atoms with Gasteiger partial charge in [0, 0.05) is 17.5 Å². The summed E-state index contributed by atoms with van der Waals surface area (Å²) < 4.78 is 0. The van der Waals surface area contributed by atoms with E-state index >= 15 is 0 Å². The Morgan fingerprint density at radius 2 is 1.88 bits per heavy atom. The third-order valence-electron chi connectivity index (χ3n) is 5.32. The second kappa shape index (κ2) is 8.39. The Labute approximate surface area is 162 Å². The number of nitrogens with zero attached hydrogens (tertiary/aromatic N) is 1. The lowest BCUT2D eigenvalue weighted by molar-refractivity contribution is 0.000492. The minimum atomic E-state index is -0.999. The van der Waals surface area contributed by atoms with Gasteiger partial charge in [-0.1, -0.05) is 66.6 Å². The molecule has 2 unspecified atom stereocenters. The Kier molecular flexibility index (Phi) is 6.18. The second-order valence-electron chi connectivity index (χ2n) is 7.56. The van der Waals surface area contributed by atoms with Crippen molar-refractivity contribution in [1.82, 2.24) is 4.90 Å². The maximum atomic E-state index is 12.1. The Bertz CT molecular complexity index is 756. The predicted molar refractivity (Wildman–Crippen MR) is 110 cm³/mol. The molecular weight excluding hydrogens is 342 g/mol. The Morgan fingerprint density at radius 3 is 2.58 bits per heavy atom. The van der Waals surface area contributed by atoms with Gasteiger partial charge in [-0.3, -0.25) is 0 Å². The minimum absolute atomic E-state index is 0.133. The first-order chi connectivity index (χ1) is 12.5. The summed E-state index contributed by atoms with van der Waals surface area (Å²) in [6.07, 6.45) is 6.32. The van der Waals surface area contributed by atoms with E-state index in [1.54, 1.807) is 0 Å². The zero-order valence-corrected chi connectivity index (χ0v) is 16.4. The molecule has 0 bridgehead atoms. The van der Waals surface area contributed by atoms with Gasteiger partial charge in [0.25, 0.3) is 0 Å². The van der Waals surface area contributed by atoms with E-state index in [1.807, 2.05) is 42.5 Å². The Morgan fingerprint density at radius 1 is 1.12 bits per heavy atom. The molecule has 26 heavy (non-hydrogen) atoms. The highest BCUT2D eigenvalue weighted by atomic mass is 35.5. The van der Waals surface area contributed by atoms with Crippen LogP contribution in [0.4, 0.5) is 0 Å². The Hall–Kier alpha value is -1.61. The molecule has 2 atom stereocenters. The summed E-state index contributed by atoms with van der Waals surface area (Å²) in [5.41, 5.74) is 2.13. The number of halogens is 1. The molecule has 0 aliphatic heterocycles. The van der Waals surface area contributed by atoms with Crippen LogP contribution in [-0.2, 0) is 5.60 Å². The van der Waals surface area contributed by atoms with E-state index < -0.39 is 5.60 Å². The second-order valence-corrected chi connectivity index (χ2v) is 8.00. The SMILES string of the molecule is CN(C)CC1CCCCC(=Cc2ccccc2)C1(O)c1cccc(Cl)c1. The lowest BCUT2D eigenvalue weighted by atomic mass is 9.74. The van der Waals surface area contributed by atoms with Crippen molar-refractivity contribution in [2.75, 3.05) is 20.6 Å². The van der Waals surface area contributed by atoms with Crippen molar-refractivity contribution in [3.8, 4) is 0 Å². The molecule has 138 valence electrons. The molecule has 1 saturated carbocycles. The Balaban J connectivity index is 2.14. The molecule has 3 heteroatoms. The van der Waals surface area contributed by atoms with E-state index in [0.29, 0.717) is 5.02 Å². The van der Waals surface area contributed by atoms with Crippen LogP contribution in [0.25, 0.3) is 6.08 Å². The van der Waals surface area contributed by atoms with Gasteiger partial charge in [-0.25, -0.2) is 0 Å². The number of rotatable bonds is 4. The van der Waals surface area contributed by atoms with Gasteiger partial charge >= 0.3 is 0 Å². The summed E-state index contributed by atoms with van der Waals surface area (Å²) in [4.78, 5) is 2.17. The van der Waals surface area contributed by atoms with Gasteiger partial charge < -0.3 is 10.0 Å². The third kappa shape index (κ3) is 4.20. The van der Waals surface area contributed by atoms with Gasteiger partial charge in [0.1, 0.15) is 5.60 Å². The highest BCUT2D eigenvalue weighted by Gasteiger charge is 2.42. The zero-order chi connectivity index (χ0) is 18.6.